The molecule has 4 heterocycles. The van der Waals surface area contributed by atoms with Crippen LogP contribution in [0.15, 0.2) is 36.5 Å². The van der Waals surface area contributed by atoms with Gasteiger partial charge in [-0.05, 0) is 43.9 Å². The number of aromatic nitrogens is 1. The molecular weight excluding hydrogens is 446 g/mol. The van der Waals surface area contributed by atoms with Gasteiger partial charge in [0.15, 0.2) is 0 Å². The third-order valence-corrected chi connectivity index (χ3v) is 7.66. The van der Waals surface area contributed by atoms with Gasteiger partial charge in [0.25, 0.3) is 5.91 Å². The number of fused-ring (bicyclic) bond motifs is 1. The lowest BCUT2D eigenvalue weighted by atomic mass is 9.97. The van der Waals surface area contributed by atoms with E-state index in [1.54, 1.807) is 0 Å². The van der Waals surface area contributed by atoms with Crippen LogP contribution in [0.25, 0.3) is 0 Å². The highest BCUT2D eigenvalue weighted by Crippen LogP contribution is 2.39. The van der Waals surface area contributed by atoms with E-state index in [0.717, 1.165) is 56.1 Å². The SMILES string of the molecule is O=C(N1CCN(CCC2COc3cc(Oc4ccc(C5CCNN5)cn4)ccc32)CC1)C1(O)CC1. The number of hydrogen-bond donors (Lipinski definition) is 3. The van der Waals surface area contributed by atoms with E-state index >= 15 is 0 Å². The van der Waals surface area contributed by atoms with Crippen LogP contribution >= 0.6 is 0 Å². The summed E-state index contributed by atoms with van der Waals surface area (Å²) in [6.45, 7) is 5.72. The minimum atomic E-state index is -1.06. The second kappa shape index (κ2) is 9.39. The zero-order valence-corrected chi connectivity index (χ0v) is 19.9. The van der Waals surface area contributed by atoms with Gasteiger partial charge < -0.3 is 19.5 Å². The molecule has 1 aliphatic carbocycles. The molecule has 0 radical (unpaired) electrons. The number of rotatable bonds is 7. The summed E-state index contributed by atoms with van der Waals surface area (Å²) < 4.78 is 12.0. The lowest BCUT2D eigenvalue weighted by Crippen LogP contribution is -2.52. The number of piperazine rings is 1. The molecule has 2 atom stereocenters. The van der Waals surface area contributed by atoms with Crippen LogP contribution in [-0.4, -0.2) is 77.3 Å². The lowest BCUT2D eigenvalue weighted by molar-refractivity contribution is -0.144. The lowest BCUT2D eigenvalue weighted by Gasteiger charge is -2.36. The maximum atomic E-state index is 12.3. The number of amides is 1. The van der Waals surface area contributed by atoms with Crippen LogP contribution in [0.3, 0.4) is 0 Å². The number of hydrogen-bond acceptors (Lipinski definition) is 8. The van der Waals surface area contributed by atoms with Gasteiger partial charge in [0.2, 0.25) is 5.88 Å². The van der Waals surface area contributed by atoms with E-state index in [1.165, 1.54) is 5.56 Å². The zero-order chi connectivity index (χ0) is 23.8. The quantitative estimate of drug-likeness (QED) is 0.554. The highest BCUT2D eigenvalue weighted by molar-refractivity contribution is 5.87. The monoisotopic (exact) mass is 479 g/mol. The first-order chi connectivity index (χ1) is 17.1. The highest BCUT2D eigenvalue weighted by atomic mass is 16.5. The number of nitrogens with one attached hydrogen (secondary N) is 2. The van der Waals surface area contributed by atoms with Crippen molar-refractivity contribution in [1.29, 1.82) is 0 Å². The molecule has 35 heavy (non-hydrogen) atoms. The van der Waals surface area contributed by atoms with Gasteiger partial charge in [-0.25, -0.2) is 4.98 Å². The standard InChI is InChI=1S/C26H33N5O4/c32-25(26(33)7-8-26)31-13-11-30(12-14-31)10-6-19-17-34-23-15-20(2-3-21(19)23)35-24-4-1-18(16-27-24)22-5-9-28-29-22/h1-4,15-16,19,22,28-29,33H,5-14,17H2. The Balaban J connectivity index is 0.998. The molecule has 9 nitrogen and oxygen atoms in total. The first-order valence-corrected chi connectivity index (χ1v) is 12.7. The summed E-state index contributed by atoms with van der Waals surface area (Å²) in [4.78, 5) is 21.0. The number of carbonyl (C=O) groups excluding carboxylic acids is 1. The van der Waals surface area contributed by atoms with E-state index in [4.69, 9.17) is 9.47 Å². The summed E-state index contributed by atoms with van der Waals surface area (Å²) in [5, 5.41) is 10.1. The average molecular weight is 480 g/mol. The van der Waals surface area contributed by atoms with Crippen molar-refractivity contribution in [2.45, 2.75) is 43.2 Å². The number of carbonyl (C=O) groups is 1. The fourth-order valence-electron chi connectivity index (χ4n) is 5.21. The Morgan fingerprint density at radius 2 is 2.06 bits per heavy atom. The molecule has 1 aromatic carbocycles. The molecule has 1 amide bonds. The van der Waals surface area contributed by atoms with E-state index < -0.39 is 5.60 Å². The number of nitrogens with zero attached hydrogens (tertiary/aromatic N) is 3. The summed E-state index contributed by atoms with van der Waals surface area (Å²) in [5.41, 5.74) is 7.71. The topological polar surface area (TPSA) is 99.2 Å². The summed E-state index contributed by atoms with van der Waals surface area (Å²) >= 11 is 0. The van der Waals surface area contributed by atoms with E-state index in [1.807, 2.05) is 29.3 Å². The molecule has 2 saturated heterocycles. The fourth-order valence-corrected chi connectivity index (χ4v) is 5.21. The Kier molecular flexibility index (Phi) is 6.09. The van der Waals surface area contributed by atoms with Gasteiger partial charge in [0.1, 0.15) is 17.1 Å². The molecular formula is C26H33N5O4. The summed E-state index contributed by atoms with van der Waals surface area (Å²) in [7, 11) is 0. The van der Waals surface area contributed by atoms with Gasteiger partial charge in [-0.1, -0.05) is 12.1 Å². The number of hydrazine groups is 1. The van der Waals surface area contributed by atoms with Crippen molar-refractivity contribution in [3.8, 4) is 17.4 Å². The van der Waals surface area contributed by atoms with Crippen LogP contribution in [0.5, 0.6) is 17.4 Å². The van der Waals surface area contributed by atoms with Gasteiger partial charge in [-0.2, -0.15) is 0 Å². The molecule has 2 unspecified atom stereocenters. The Morgan fingerprint density at radius 3 is 2.77 bits per heavy atom. The van der Waals surface area contributed by atoms with Crippen LogP contribution in [0, 0.1) is 0 Å². The maximum absolute atomic E-state index is 12.3. The van der Waals surface area contributed by atoms with Gasteiger partial charge >= 0.3 is 0 Å². The number of benzene rings is 1. The molecule has 2 aromatic rings. The van der Waals surface area contributed by atoms with Gasteiger partial charge in [0, 0.05) is 68.6 Å². The molecule has 4 aliphatic rings. The molecule has 3 aliphatic heterocycles. The predicted molar refractivity (Wildman–Crippen MR) is 129 cm³/mol. The highest BCUT2D eigenvalue weighted by Gasteiger charge is 2.50. The molecule has 186 valence electrons. The summed E-state index contributed by atoms with van der Waals surface area (Å²) in [6, 6.07) is 10.3. The van der Waals surface area contributed by atoms with Crippen molar-refractivity contribution in [2.75, 3.05) is 45.9 Å². The smallest absolute Gasteiger partial charge is 0.254 e. The summed E-state index contributed by atoms with van der Waals surface area (Å²) in [5.74, 6) is 2.46. The Morgan fingerprint density at radius 1 is 1.20 bits per heavy atom. The molecule has 3 fully saturated rings. The average Bonchev–Trinajstić information content (AvgIpc) is 3.26. The molecule has 0 bridgehead atoms. The largest absolute Gasteiger partial charge is 0.493 e. The maximum Gasteiger partial charge on any atom is 0.254 e. The Labute approximate surface area is 205 Å². The third kappa shape index (κ3) is 4.86. The fraction of sp³-hybridized carbons (Fsp3) is 0.538. The number of ether oxygens (including phenoxy) is 2. The molecule has 0 spiro atoms. The normalized spacial score (nSPS) is 25.2. The van der Waals surface area contributed by atoms with E-state index in [0.29, 0.717) is 50.4 Å². The van der Waals surface area contributed by atoms with Crippen molar-refractivity contribution < 1.29 is 19.4 Å². The first-order valence-electron chi connectivity index (χ1n) is 12.7. The minimum absolute atomic E-state index is 0.0810. The van der Waals surface area contributed by atoms with Crippen molar-refractivity contribution in [3.05, 3.63) is 47.7 Å². The summed E-state index contributed by atoms with van der Waals surface area (Å²) in [6.07, 6.45) is 5.14. The first kappa shape index (κ1) is 22.7. The van der Waals surface area contributed by atoms with Crippen LogP contribution in [0.2, 0.25) is 0 Å². The van der Waals surface area contributed by atoms with E-state index in [-0.39, 0.29) is 5.91 Å². The van der Waals surface area contributed by atoms with E-state index in [9.17, 15) is 9.90 Å². The van der Waals surface area contributed by atoms with Crippen molar-refractivity contribution in [1.82, 2.24) is 25.6 Å². The molecule has 3 N–H and O–H groups in total. The molecule has 9 heteroatoms. The molecule has 1 saturated carbocycles. The Bertz CT molecular complexity index is 1060. The third-order valence-electron chi connectivity index (χ3n) is 7.66. The van der Waals surface area contributed by atoms with E-state index in [2.05, 4.69) is 32.9 Å². The van der Waals surface area contributed by atoms with Crippen LogP contribution < -0.4 is 20.3 Å². The number of pyridine rings is 1. The van der Waals surface area contributed by atoms with Gasteiger partial charge in [-0.3, -0.25) is 20.5 Å². The second-order valence-corrected chi connectivity index (χ2v) is 10.1. The van der Waals surface area contributed by atoms with Crippen LogP contribution in [0.4, 0.5) is 0 Å². The van der Waals surface area contributed by atoms with Gasteiger partial charge in [-0.15, -0.1) is 0 Å². The van der Waals surface area contributed by atoms with Gasteiger partial charge in [0.05, 0.1) is 6.61 Å². The van der Waals surface area contributed by atoms with Crippen LogP contribution in [0.1, 0.15) is 48.8 Å². The molecule has 6 rings (SSSR count). The van der Waals surface area contributed by atoms with Crippen LogP contribution in [-0.2, 0) is 4.79 Å². The zero-order valence-electron chi connectivity index (χ0n) is 19.9. The predicted octanol–water partition coefficient (Wildman–Crippen LogP) is 1.95. The molecule has 1 aromatic heterocycles. The van der Waals surface area contributed by atoms with Crippen molar-refractivity contribution >= 4 is 5.91 Å². The minimum Gasteiger partial charge on any atom is -0.493 e. The number of aliphatic hydroxyl groups is 1. The second-order valence-electron chi connectivity index (χ2n) is 10.1. The van der Waals surface area contributed by atoms with Crippen molar-refractivity contribution in [2.24, 2.45) is 0 Å². The Hall–Kier alpha value is -2.72. The van der Waals surface area contributed by atoms with Crippen molar-refractivity contribution in [3.63, 3.8) is 0 Å².